The third-order valence-corrected chi connectivity index (χ3v) is 2.96. The van der Waals surface area contributed by atoms with E-state index in [0.717, 1.165) is 11.3 Å². The lowest BCUT2D eigenvalue weighted by Crippen LogP contribution is -2.05. The topological polar surface area (TPSA) is 59.1 Å². The molecule has 12 heavy (non-hydrogen) atoms. The van der Waals surface area contributed by atoms with Crippen molar-refractivity contribution < 1.29 is 8.42 Å². The molecule has 0 saturated heterocycles. The van der Waals surface area contributed by atoms with Crippen molar-refractivity contribution in [2.75, 3.05) is 4.72 Å². The lowest BCUT2D eigenvalue weighted by molar-refractivity contribution is 0.602. The van der Waals surface area contributed by atoms with E-state index < -0.39 is 10.0 Å². The summed E-state index contributed by atoms with van der Waals surface area (Å²) in [7, 11) is -3.11. The fourth-order valence-corrected chi connectivity index (χ4v) is 2.48. The summed E-state index contributed by atoms with van der Waals surface area (Å²) < 4.78 is 24.5. The minimum absolute atomic E-state index is 0.0751. The Morgan fingerprint density at radius 3 is 3.08 bits per heavy atom. The first kappa shape index (κ1) is 7.54. The number of hydrogen-bond donors (Lipinski definition) is 1. The van der Waals surface area contributed by atoms with Gasteiger partial charge in [0.15, 0.2) is 0 Å². The first-order valence-electron chi connectivity index (χ1n) is 3.53. The Bertz CT molecular complexity index is 425. The molecular weight excluding hydrogens is 176 g/mol. The van der Waals surface area contributed by atoms with Crippen LogP contribution in [0, 0.1) is 6.92 Å². The van der Waals surface area contributed by atoms with E-state index in [9.17, 15) is 8.42 Å². The number of pyridine rings is 1. The summed E-state index contributed by atoms with van der Waals surface area (Å²) in [6.45, 7) is 1.84. The van der Waals surface area contributed by atoms with Crippen molar-refractivity contribution in [2.45, 2.75) is 12.7 Å². The minimum atomic E-state index is -3.11. The number of nitrogens with zero attached hydrogens (tertiary/aromatic N) is 1. The molecule has 0 bridgehead atoms. The molecular formula is C7H8N2O2S. The van der Waals surface area contributed by atoms with Crippen LogP contribution in [0.4, 0.5) is 5.69 Å². The van der Waals surface area contributed by atoms with Crippen molar-refractivity contribution in [3.63, 3.8) is 0 Å². The number of nitrogens with one attached hydrogen (secondary N) is 1. The monoisotopic (exact) mass is 184 g/mol. The maximum atomic E-state index is 11.1. The van der Waals surface area contributed by atoms with Gasteiger partial charge in [0.05, 0.1) is 17.6 Å². The van der Waals surface area contributed by atoms with E-state index in [0.29, 0.717) is 5.69 Å². The molecule has 0 unspecified atom stereocenters. The Morgan fingerprint density at radius 2 is 2.33 bits per heavy atom. The molecule has 0 amide bonds. The van der Waals surface area contributed by atoms with Gasteiger partial charge >= 0.3 is 0 Å². The second kappa shape index (κ2) is 2.20. The number of aromatic nitrogens is 1. The van der Waals surface area contributed by atoms with Gasteiger partial charge in [-0.05, 0) is 18.6 Å². The van der Waals surface area contributed by atoms with Crippen LogP contribution in [0.25, 0.3) is 0 Å². The average molecular weight is 184 g/mol. The van der Waals surface area contributed by atoms with Crippen LogP contribution in [0.2, 0.25) is 0 Å². The quantitative estimate of drug-likeness (QED) is 0.643. The SMILES string of the molecule is Cc1cc2c(cn1)NS(=O)(=O)C2. The molecule has 5 heteroatoms. The average Bonchev–Trinajstić information content (AvgIpc) is 2.21. The first-order valence-corrected chi connectivity index (χ1v) is 5.18. The summed E-state index contributed by atoms with van der Waals surface area (Å²) in [5, 5.41) is 0. The van der Waals surface area contributed by atoms with Crippen LogP contribution in [-0.4, -0.2) is 13.4 Å². The first-order chi connectivity index (χ1) is 5.57. The van der Waals surface area contributed by atoms with Crippen molar-refractivity contribution in [3.05, 3.63) is 23.5 Å². The largest absolute Gasteiger partial charge is 0.281 e. The second-order valence-electron chi connectivity index (χ2n) is 2.84. The van der Waals surface area contributed by atoms with Crippen LogP contribution in [0.1, 0.15) is 11.3 Å². The highest BCUT2D eigenvalue weighted by Crippen LogP contribution is 2.25. The maximum Gasteiger partial charge on any atom is 0.237 e. The van der Waals surface area contributed by atoms with E-state index in [4.69, 9.17) is 0 Å². The van der Waals surface area contributed by atoms with Crippen molar-refractivity contribution in [1.29, 1.82) is 0 Å². The number of rotatable bonds is 0. The highest BCUT2D eigenvalue weighted by atomic mass is 32.2. The number of hydrogen-bond acceptors (Lipinski definition) is 3. The summed E-state index contributed by atoms with van der Waals surface area (Å²) in [6.07, 6.45) is 1.55. The molecule has 0 atom stereocenters. The molecule has 0 radical (unpaired) electrons. The molecule has 1 aliphatic rings. The van der Waals surface area contributed by atoms with Gasteiger partial charge in [0.1, 0.15) is 0 Å². The van der Waals surface area contributed by atoms with Crippen LogP contribution < -0.4 is 4.72 Å². The van der Waals surface area contributed by atoms with E-state index in [-0.39, 0.29) is 5.75 Å². The van der Waals surface area contributed by atoms with Gasteiger partial charge in [-0.15, -0.1) is 0 Å². The van der Waals surface area contributed by atoms with Gasteiger partial charge < -0.3 is 0 Å². The fourth-order valence-electron chi connectivity index (χ4n) is 1.24. The van der Waals surface area contributed by atoms with Gasteiger partial charge in [-0.25, -0.2) is 8.42 Å². The van der Waals surface area contributed by atoms with E-state index in [1.807, 2.05) is 6.92 Å². The van der Waals surface area contributed by atoms with E-state index >= 15 is 0 Å². The summed E-state index contributed by atoms with van der Waals surface area (Å²) in [5.41, 5.74) is 2.26. The van der Waals surface area contributed by atoms with Crippen molar-refractivity contribution in [2.24, 2.45) is 0 Å². The molecule has 0 spiro atoms. The molecule has 0 aromatic carbocycles. The van der Waals surface area contributed by atoms with E-state index in [1.165, 1.54) is 0 Å². The summed E-state index contributed by atoms with van der Waals surface area (Å²) in [5.74, 6) is 0.0751. The summed E-state index contributed by atoms with van der Waals surface area (Å²) in [6, 6.07) is 1.78. The van der Waals surface area contributed by atoms with E-state index in [2.05, 4.69) is 9.71 Å². The molecule has 1 N–H and O–H groups in total. The van der Waals surface area contributed by atoms with Gasteiger partial charge in [0.25, 0.3) is 0 Å². The summed E-state index contributed by atoms with van der Waals surface area (Å²) in [4.78, 5) is 3.99. The normalized spacial score (nSPS) is 18.4. The maximum absolute atomic E-state index is 11.1. The molecule has 1 aliphatic heterocycles. The Kier molecular flexibility index (Phi) is 1.38. The standard InChI is InChI=1S/C7H8N2O2S/c1-5-2-6-4-12(10,11)9-7(6)3-8-5/h2-3,9H,4H2,1H3. The minimum Gasteiger partial charge on any atom is -0.281 e. The van der Waals surface area contributed by atoms with Gasteiger partial charge in [-0.1, -0.05) is 0 Å². The summed E-state index contributed by atoms with van der Waals surface area (Å²) >= 11 is 0. The van der Waals surface area contributed by atoms with Crippen molar-refractivity contribution in [3.8, 4) is 0 Å². The predicted octanol–water partition coefficient (Wildman–Crippen LogP) is 0.645. The van der Waals surface area contributed by atoms with Crippen LogP contribution in [0.3, 0.4) is 0 Å². The fraction of sp³-hybridized carbons (Fsp3) is 0.286. The Labute approximate surface area is 70.7 Å². The molecule has 0 aliphatic carbocycles. The van der Waals surface area contributed by atoms with Crippen molar-refractivity contribution >= 4 is 15.7 Å². The zero-order valence-electron chi connectivity index (χ0n) is 6.53. The zero-order chi connectivity index (χ0) is 8.77. The lowest BCUT2D eigenvalue weighted by atomic mass is 10.2. The molecule has 0 saturated carbocycles. The molecule has 64 valence electrons. The highest BCUT2D eigenvalue weighted by molar-refractivity contribution is 7.92. The zero-order valence-corrected chi connectivity index (χ0v) is 7.35. The Balaban J connectivity index is 2.56. The van der Waals surface area contributed by atoms with Crippen LogP contribution in [-0.2, 0) is 15.8 Å². The highest BCUT2D eigenvalue weighted by Gasteiger charge is 2.23. The van der Waals surface area contributed by atoms with Crippen molar-refractivity contribution in [1.82, 2.24) is 4.98 Å². The Hall–Kier alpha value is -1.10. The van der Waals surface area contributed by atoms with Crippen LogP contribution >= 0.6 is 0 Å². The molecule has 1 aromatic rings. The van der Waals surface area contributed by atoms with Gasteiger partial charge in [0, 0.05) is 5.69 Å². The molecule has 1 aromatic heterocycles. The second-order valence-corrected chi connectivity index (χ2v) is 4.57. The molecule has 4 nitrogen and oxygen atoms in total. The van der Waals surface area contributed by atoms with Crippen LogP contribution in [0.5, 0.6) is 0 Å². The third-order valence-electron chi connectivity index (χ3n) is 1.74. The number of aryl methyl sites for hydroxylation is 1. The van der Waals surface area contributed by atoms with E-state index in [1.54, 1.807) is 12.3 Å². The predicted molar refractivity (Wildman–Crippen MR) is 45.2 cm³/mol. The molecule has 2 heterocycles. The van der Waals surface area contributed by atoms with Gasteiger partial charge in [-0.2, -0.15) is 0 Å². The molecule has 2 rings (SSSR count). The Morgan fingerprint density at radius 1 is 1.58 bits per heavy atom. The van der Waals surface area contributed by atoms with Gasteiger partial charge in [0.2, 0.25) is 10.0 Å². The number of anilines is 1. The van der Waals surface area contributed by atoms with Gasteiger partial charge in [-0.3, -0.25) is 9.71 Å². The van der Waals surface area contributed by atoms with Crippen LogP contribution in [0.15, 0.2) is 12.3 Å². The smallest absolute Gasteiger partial charge is 0.237 e. The third kappa shape index (κ3) is 1.16. The number of fused-ring (bicyclic) bond motifs is 1. The lowest BCUT2D eigenvalue weighted by Gasteiger charge is -1.96. The molecule has 0 fully saturated rings. The number of sulfonamides is 1.